The molecule has 4 nitrogen and oxygen atoms in total. The third kappa shape index (κ3) is 4.28. The lowest BCUT2D eigenvalue weighted by atomic mass is 9.89. The summed E-state index contributed by atoms with van der Waals surface area (Å²) < 4.78 is 0. The normalized spacial score (nSPS) is 19.2. The molecule has 2 amide bonds. The number of nitrogens with zero attached hydrogens (tertiary/aromatic N) is 1. The first kappa shape index (κ1) is 18.9. The fraction of sp³-hybridized carbons (Fsp3) is 0.636. The maximum absolute atomic E-state index is 12.7. The zero-order valence-electron chi connectivity index (χ0n) is 16.4. The van der Waals surface area contributed by atoms with Gasteiger partial charge in [-0.3, -0.25) is 9.59 Å². The topological polar surface area (TPSA) is 49.4 Å². The molecule has 1 aromatic carbocycles. The van der Waals surface area contributed by atoms with Crippen molar-refractivity contribution in [2.45, 2.75) is 65.3 Å². The van der Waals surface area contributed by atoms with Gasteiger partial charge in [0.05, 0.1) is 6.04 Å². The van der Waals surface area contributed by atoms with E-state index in [1.807, 2.05) is 18.7 Å². The van der Waals surface area contributed by atoms with Crippen LogP contribution in [0.15, 0.2) is 18.2 Å². The van der Waals surface area contributed by atoms with Gasteiger partial charge in [-0.05, 0) is 62.1 Å². The number of hydrogen-bond donors (Lipinski definition) is 1. The van der Waals surface area contributed by atoms with Crippen LogP contribution >= 0.6 is 0 Å². The Morgan fingerprint density at radius 3 is 2.35 bits per heavy atom. The standard InChI is InChI=1S/C22H32N2O2/c1-15(2)22(26)24-12-10-18(11-13-24)21(25)23-16(3)19-9-8-17-6-4-5-7-20(17)14-19/h8-9,14-16,18H,4-7,10-13H2,1-3H3,(H,23,25). The molecule has 1 saturated heterocycles. The van der Waals surface area contributed by atoms with E-state index in [0.29, 0.717) is 13.1 Å². The number of fused-ring (bicyclic) bond motifs is 1. The van der Waals surface area contributed by atoms with Crippen molar-refractivity contribution in [2.75, 3.05) is 13.1 Å². The van der Waals surface area contributed by atoms with Crippen molar-refractivity contribution in [3.63, 3.8) is 0 Å². The molecule has 1 atom stereocenters. The van der Waals surface area contributed by atoms with E-state index >= 15 is 0 Å². The highest BCUT2D eigenvalue weighted by Gasteiger charge is 2.29. The van der Waals surface area contributed by atoms with Gasteiger partial charge in [-0.2, -0.15) is 0 Å². The Labute approximate surface area is 157 Å². The SMILES string of the molecule is CC(C)C(=O)N1CCC(C(=O)NC(C)c2ccc3c(c2)CCCC3)CC1. The van der Waals surface area contributed by atoms with Crippen LogP contribution in [0.3, 0.4) is 0 Å². The van der Waals surface area contributed by atoms with Crippen LogP contribution in [0.2, 0.25) is 0 Å². The van der Waals surface area contributed by atoms with Crippen molar-refractivity contribution in [3.8, 4) is 0 Å². The molecule has 1 fully saturated rings. The number of benzene rings is 1. The van der Waals surface area contributed by atoms with Crippen LogP contribution in [-0.2, 0) is 22.4 Å². The molecular formula is C22H32N2O2. The molecule has 0 bridgehead atoms. The first-order valence-electron chi connectivity index (χ1n) is 10.2. The monoisotopic (exact) mass is 356 g/mol. The van der Waals surface area contributed by atoms with Gasteiger partial charge in [0.15, 0.2) is 0 Å². The predicted molar refractivity (Wildman–Crippen MR) is 104 cm³/mol. The van der Waals surface area contributed by atoms with Gasteiger partial charge >= 0.3 is 0 Å². The van der Waals surface area contributed by atoms with Crippen molar-refractivity contribution < 1.29 is 9.59 Å². The number of piperidine rings is 1. The van der Waals surface area contributed by atoms with Crippen LogP contribution in [-0.4, -0.2) is 29.8 Å². The molecule has 2 aliphatic rings. The van der Waals surface area contributed by atoms with Gasteiger partial charge in [-0.1, -0.05) is 32.0 Å². The summed E-state index contributed by atoms with van der Waals surface area (Å²) in [5.41, 5.74) is 4.13. The van der Waals surface area contributed by atoms with Gasteiger partial charge < -0.3 is 10.2 Å². The minimum Gasteiger partial charge on any atom is -0.349 e. The average Bonchev–Trinajstić information content (AvgIpc) is 2.67. The molecule has 1 N–H and O–H groups in total. The molecule has 0 saturated carbocycles. The Morgan fingerprint density at radius 1 is 1.04 bits per heavy atom. The van der Waals surface area contributed by atoms with Gasteiger partial charge in [0.25, 0.3) is 0 Å². The molecule has 142 valence electrons. The van der Waals surface area contributed by atoms with Gasteiger partial charge in [0, 0.05) is 24.9 Å². The number of rotatable bonds is 4. The molecule has 1 unspecified atom stereocenters. The first-order chi connectivity index (χ1) is 12.5. The number of likely N-dealkylation sites (tertiary alicyclic amines) is 1. The Balaban J connectivity index is 1.54. The number of aryl methyl sites for hydroxylation is 2. The van der Waals surface area contributed by atoms with E-state index in [0.717, 1.165) is 19.3 Å². The molecule has 3 rings (SSSR count). The zero-order chi connectivity index (χ0) is 18.7. The molecule has 0 aromatic heterocycles. The lowest BCUT2D eigenvalue weighted by molar-refractivity contribution is -0.138. The number of hydrogen-bond acceptors (Lipinski definition) is 2. The Morgan fingerprint density at radius 2 is 1.69 bits per heavy atom. The van der Waals surface area contributed by atoms with E-state index < -0.39 is 0 Å². The smallest absolute Gasteiger partial charge is 0.225 e. The van der Waals surface area contributed by atoms with Crippen LogP contribution in [0.25, 0.3) is 0 Å². The van der Waals surface area contributed by atoms with E-state index in [1.165, 1.54) is 36.0 Å². The predicted octanol–water partition coefficient (Wildman–Crippen LogP) is 3.64. The highest BCUT2D eigenvalue weighted by atomic mass is 16.2. The first-order valence-corrected chi connectivity index (χ1v) is 10.2. The molecular weight excluding hydrogens is 324 g/mol. The number of nitrogens with one attached hydrogen (secondary N) is 1. The lowest BCUT2D eigenvalue weighted by Gasteiger charge is -2.33. The molecule has 1 aliphatic carbocycles. The lowest BCUT2D eigenvalue weighted by Crippen LogP contribution is -2.44. The second-order valence-electron chi connectivity index (χ2n) is 8.22. The van der Waals surface area contributed by atoms with Gasteiger partial charge in [0.2, 0.25) is 11.8 Å². The second kappa shape index (κ2) is 8.24. The number of amides is 2. The summed E-state index contributed by atoms with van der Waals surface area (Å²) in [4.78, 5) is 26.7. The highest BCUT2D eigenvalue weighted by molar-refractivity contribution is 5.81. The summed E-state index contributed by atoms with van der Waals surface area (Å²) in [7, 11) is 0. The van der Waals surface area contributed by atoms with Crippen molar-refractivity contribution in [1.29, 1.82) is 0 Å². The molecule has 1 aromatic rings. The van der Waals surface area contributed by atoms with Crippen LogP contribution < -0.4 is 5.32 Å². The fourth-order valence-electron chi connectivity index (χ4n) is 4.16. The van der Waals surface area contributed by atoms with Crippen molar-refractivity contribution >= 4 is 11.8 Å². The summed E-state index contributed by atoms with van der Waals surface area (Å²) in [6.45, 7) is 7.33. The largest absolute Gasteiger partial charge is 0.349 e. The molecule has 26 heavy (non-hydrogen) atoms. The zero-order valence-corrected chi connectivity index (χ0v) is 16.4. The van der Waals surface area contributed by atoms with E-state index in [4.69, 9.17) is 0 Å². The molecule has 0 spiro atoms. The van der Waals surface area contributed by atoms with E-state index in [9.17, 15) is 9.59 Å². The summed E-state index contributed by atoms with van der Waals surface area (Å²) in [6, 6.07) is 6.72. The van der Waals surface area contributed by atoms with Crippen molar-refractivity contribution in [2.24, 2.45) is 11.8 Å². The highest BCUT2D eigenvalue weighted by Crippen LogP contribution is 2.26. The van der Waals surface area contributed by atoms with Crippen LogP contribution in [0, 0.1) is 11.8 Å². The van der Waals surface area contributed by atoms with E-state index in [2.05, 4.69) is 30.4 Å². The summed E-state index contributed by atoms with van der Waals surface area (Å²) in [6.07, 6.45) is 6.43. The Kier molecular flexibility index (Phi) is 6.00. The van der Waals surface area contributed by atoms with Gasteiger partial charge in [-0.25, -0.2) is 0 Å². The third-order valence-corrected chi connectivity index (χ3v) is 5.90. The van der Waals surface area contributed by atoms with Crippen LogP contribution in [0.5, 0.6) is 0 Å². The number of carbonyl (C=O) groups is 2. The summed E-state index contributed by atoms with van der Waals surface area (Å²) in [5, 5.41) is 3.20. The molecule has 1 aliphatic heterocycles. The summed E-state index contributed by atoms with van der Waals surface area (Å²) in [5.74, 6) is 0.383. The van der Waals surface area contributed by atoms with Gasteiger partial charge in [-0.15, -0.1) is 0 Å². The van der Waals surface area contributed by atoms with E-state index in [1.54, 1.807) is 0 Å². The maximum atomic E-state index is 12.7. The van der Waals surface area contributed by atoms with Crippen molar-refractivity contribution in [3.05, 3.63) is 34.9 Å². The molecule has 4 heteroatoms. The quantitative estimate of drug-likeness (QED) is 0.895. The van der Waals surface area contributed by atoms with Crippen LogP contribution in [0.1, 0.15) is 69.2 Å². The van der Waals surface area contributed by atoms with Gasteiger partial charge in [0.1, 0.15) is 0 Å². The molecule has 1 heterocycles. The summed E-state index contributed by atoms with van der Waals surface area (Å²) >= 11 is 0. The molecule has 0 radical (unpaired) electrons. The van der Waals surface area contributed by atoms with Crippen molar-refractivity contribution in [1.82, 2.24) is 10.2 Å². The fourth-order valence-corrected chi connectivity index (χ4v) is 4.16. The minimum atomic E-state index is 0.0197. The van der Waals surface area contributed by atoms with Crippen LogP contribution in [0.4, 0.5) is 0 Å². The third-order valence-electron chi connectivity index (χ3n) is 5.90. The minimum absolute atomic E-state index is 0.0197. The second-order valence-corrected chi connectivity index (χ2v) is 8.22. The Hall–Kier alpha value is -1.84. The average molecular weight is 357 g/mol. The number of carbonyl (C=O) groups excluding carboxylic acids is 2. The maximum Gasteiger partial charge on any atom is 0.225 e. The Bertz CT molecular complexity index is 660. The van der Waals surface area contributed by atoms with E-state index in [-0.39, 0.29) is 29.7 Å².